The van der Waals surface area contributed by atoms with Crippen molar-refractivity contribution >= 4 is 23.2 Å². The molecule has 1 unspecified atom stereocenters. The lowest BCUT2D eigenvalue weighted by Crippen LogP contribution is -2.51. The number of hydrogen-bond donors (Lipinski definition) is 3. The van der Waals surface area contributed by atoms with E-state index in [2.05, 4.69) is 10.6 Å². The lowest BCUT2D eigenvalue weighted by atomic mass is 9.95. The minimum Gasteiger partial charge on any atom is -0.394 e. The van der Waals surface area contributed by atoms with E-state index in [9.17, 15) is 14.7 Å². The molecule has 1 saturated carbocycles. The van der Waals surface area contributed by atoms with Crippen LogP contribution in [0.5, 0.6) is 0 Å². The first-order valence-electron chi connectivity index (χ1n) is 6.96. The molecule has 1 fully saturated rings. The van der Waals surface area contributed by atoms with Gasteiger partial charge in [0.2, 0.25) is 5.91 Å². The summed E-state index contributed by atoms with van der Waals surface area (Å²) in [5.41, 5.74) is 0. The molecule has 1 aliphatic carbocycles. The molecule has 2 rings (SSSR count). The minimum atomic E-state index is -0.883. The maximum Gasteiger partial charge on any atom is 0.262 e. The quantitative estimate of drug-likeness (QED) is 0.766. The second-order valence-corrected chi connectivity index (χ2v) is 5.98. The maximum atomic E-state index is 12.1. The summed E-state index contributed by atoms with van der Waals surface area (Å²) in [5, 5.41) is 16.6. The Balaban J connectivity index is 1.86. The first-order valence-corrected chi connectivity index (χ1v) is 7.84. The highest BCUT2D eigenvalue weighted by molar-refractivity contribution is 7.12. The zero-order valence-electron chi connectivity index (χ0n) is 11.3. The molecule has 20 heavy (non-hydrogen) atoms. The van der Waals surface area contributed by atoms with Gasteiger partial charge in [0.05, 0.1) is 11.5 Å². The lowest BCUT2D eigenvalue weighted by Gasteiger charge is -2.25. The summed E-state index contributed by atoms with van der Waals surface area (Å²) in [6.45, 7) is -0.393. The number of nitrogens with one attached hydrogen (secondary N) is 2. The van der Waals surface area contributed by atoms with Gasteiger partial charge in [-0.15, -0.1) is 11.3 Å². The topological polar surface area (TPSA) is 78.4 Å². The Morgan fingerprint density at radius 2 is 2.10 bits per heavy atom. The third-order valence-corrected chi connectivity index (χ3v) is 4.37. The fourth-order valence-corrected chi connectivity index (χ4v) is 3.01. The van der Waals surface area contributed by atoms with Gasteiger partial charge in [-0.3, -0.25) is 9.59 Å². The van der Waals surface area contributed by atoms with Crippen molar-refractivity contribution in [3.05, 3.63) is 22.4 Å². The Hall–Kier alpha value is -1.40. The second kappa shape index (κ2) is 7.40. The summed E-state index contributed by atoms with van der Waals surface area (Å²) in [4.78, 5) is 24.5. The van der Waals surface area contributed by atoms with Gasteiger partial charge in [-0.1, -0.05) is 25.3 Å². The fourth-order valence-electron chi connectivity index (χ4n) is 2.38. The minimum absolute atomic E-state index is 0.170. The normalized spacial score (nSPS) is 17.4. The first-order chi connectivity index (χ1) is 9.70. The second-order valence-electron chi connectivity index (χ2n) is 5.03. The predicted octanol–water partition coefficient (Wildman–Crippen LogP) is 1.29. The predicted molar refractivity (Wildman–Crippen MR) is 77.7 cm³/mol. The molecule has 1 atom stereocenters. The highest BCUT2D eigenvalue weighted by Crippen LogP contribution is 2.17. The molecule has 1 aromatic heterocycles. The SMILES string of the molecule is O=C(NC(CO)C(=O)NC1CCCCC1)c1cccs1. The molecule has 1 aromatic rings. The summed E-state index contributed by atoms with van der Waals surface area (Å²) in [7, 11) is 0. The zero-order valence-corrected chi connectivity index (χ0v) is 12.1. The molecule has 0 radical (unpaired) electrons. The summed E-state index contributed by atoms with van der Waals surface area (Å²) in [6.07, 6.45) is 5.41. The van der Waals surface area contributed by atoms with Crippen LogP contribution in [0.2, 0.25) is 0 Å². The van der Waals surface area contributed by atoms with Crippen LogP contribution < -0.4 is 10.6 Å². The van der Waals surface area contributed by atoms with Crippen molar-refractivity contribution in [1.29, 1.82) is 0 Å². The van der Waals surface area contributed by atoms with Crippen LogP contribution in [-0.2, 0) is 4.79 Å². The van der Waals surface area contributed by atoms with Gasteiger partial charge in [-0.05, 0) is 24.3 Å². The van der Waals surface area contributed by atoms with Crippen molar-refractivity contribution in [2.45, 2.75) is 44.2 Å². The van der Waals surface area contributed by atoms with Crippen molar-refractivity contribution in [2.24, 2.45) is 0 Å². The van der Waals surface area contributed by atoms with Gasteiger partial charge in [-0.25, -0.2) is 0 Å². The Kier molecular flexibility index (Phi) is 5.55. The van der Waals surface area contributed by atoms with Crippen LogP contribution in [0.15, 0.2) is 17.5 Å². The van der Waals surface area contributed by atoms with Gasteiger partial charge in [-0.2, -0.15) is 0 Å². The molecule has 0 saturated heterocycles. The molecule has 110 valence electrons. The molecule has 5 nitrogen and oxygen atoms in total. The average Bonchev–Trinajstić information content (AvgIpc) is 2.99. The van der Waals surface area contributed by atoms with Crippen molar-refractivity contribution in [3.63, 3.8) is 0 Å². The molecule has 0 spiro atoms. The monoisotopic (exact) mass is 296 g/mol. The van der Waals surface area contributed by atoms with Crippen LogP contribution in [0.25, 0.3) is 0 Å². The molecule has 3 N–H and O–H groups in total. The molecular weight excluding hydrogens is 276 g/mol. The van der Waals surface area contributed by atoms with Crippen molar-refractivity contribution in [2.75, 3.05) is 6.61 Å². The number of rotatable bonds is 5. The molecule has 0 aliphatic heterocycles. The summed E-state index contributed by atoms with van der Waals surface area (Å²) >= 11 is 1.31. The van der Waals surface area contributed by atoms with E-state index >= 15 is 0 Å². The van der Waals surface area contributed by atoms with Crippen molar-refractivity contribution in [3.8, 4) is 0 Å². The van der Waals surface area contributed by atoms with E-state index in [4.69, 9.17) is 0 Å². The van der Waals surface area contributed by atoms with E-state index < -0.39 is 12.6 Å². The van der Waals surface area contributed by atoms with Gasteiger partial charge in [0.1, 0.15) is 6.04 Å². The number of thiophene rings is 1. The van der Waals surface area contributed by atoms with E-state index in [1.165, 1.54) is 17.8 Å². The Bertz CT molecular complexity index is 441. The van der Waals surface area contributed by atoms with Crippen LogP contribution in [0.4, 0.5) is 0 Å². The molecule has 6 heteroatoms. The van der Waals surface area contributed by atoms with Crippen molar-refractivity contribution < 1.29 is 14.7 Å². The number of hydrogen-bond acceptors (Lipinski definition) is 4. The lowest BCUT2D eigenvalue weighted by molar-refractivity contribution is -0.124. The van der Waals surface area contributed by atoms with E-state index in [1.54, 1.807) is 17.5 Å². The largest absolute Gasteiger partial charge is 0.394 e. The number of amides is 2. The van der Waals surface area contributed by atoms with Crippen LogP contribution >= 0.6 is 11.3 Å². The molecule has 2 amide bonds. The highest BCUT2D eigenvalue weighted by atomic mass is 32.1. The van der Waals surface area contributed by atoms with Gasteiger partial charge in [0, 0.05) is 6.04 Å². The number of carbonyl (C=O) groups excluding carboxylic acids is 2. The summed E-state index contributed by atoms with van der Waals surface area (Å²) in [6, 6.07) is 2.75. The van der Waals surface area contributed by atoms with Gasteiger partial charge < -0.3 is 15.7 Å². The standard InChI is InChI=1S/C14H20N2O3S/c17-9-11(16-14(19)12-7-4-8-20-12)13(18)15-10-5-2-1-3-6-10/h4,7-8,10-11,17H,1-3,5-6,9H2,(H,15,18)(H,16,19). The molecule has 1 aliphatic rings. The molecular formula is C14H20N2O3S. The molecule has 0 bridgehead atoms. The van der Waals surface area contributed by atoms with Crippen molar-refractivity contribution in [1.82, 2.24) is 10.6 Å². The Morgan fingerprint density at radius 3 is 2.70 bits per heavy atom. The van der Waals surface area contributed by atoms with Gasteiger partial charge in [0.15, 0.2) is 0 Å². The van der Waals surface area contributed by atoms with Crippen LogP contribution in [0.1, 0.15) is 41.8 Å². The molecule has 1 heterocycles. The number of carbonyl (C=O) groups is 2. The van der Waals surface area contributed by atoms with Crippen LogP contribution in [-0.4, -0.2) is 35.6 Å². The maximum absolute atomic E-state index is 12.1. The third-order valence-electron chi connectivity index (χ3n) is 3.50. The average molecular weight is 296 g/mol. The van der Waals surface area contributed by atoms with E-state index in [0.717, 1.165) is 25.7 Å². The smallest absolute Gasteiger partial charge is 0.262 e. The zero-order chi connectivity index (χ0) is 14.4. The molecule has 0 aromatic carbocycles. The van der Waals surface area contributed by atoms with Crippen LogP contribution in [0.3, 0.4) is 0 Å². The van der Waals surface area contributed by atoms with Gasteiger partial charge >= 0.3 is 0 Å². The third kappa shape index (κ3) is 4.05. The van der Waals surface area contributed by atoms with E-state index in [1.807, 2.05) is 0 Å². The fraction of sp³-hybridized carbons (Fsp3) is 0.571. The number of aliphatic hydroxyl groups excluding tert-OH is 1. The highest BCUT2D eigenvalue weighted by Gasteiger charge is 2.24. The van der Waals surface area contributed by atoms with E-state index in [0.29, 0.717) is 4.88 Å². The summed E-state index contributed by atoms with van der Waals surface area (Å²) < 4.78 is 0. The Labute approximate surface area is 122 Å². The van der Waals surface area contributed by atoms with Gasteiger partial charge in [0.25, 0.3) is 5.91 Å². The number of aliphatic hydroxyl groups is 1. The van der Waals surface area contributed by atoms with Crippen LogP contribution in [0, 0.1) is 0 Å². The summed E-state index contributed by atoms with van der Waals surface area (Å²) in [5.74, 6) is -0.623. The van der Waals surface area contributed by atoms with E-state index in [-0.39, 0.29) is 17.9 Å². The first kappa shape index (κ1) is 15.0. The Morgan fingerprint density at radius 1 is 1.35 bits per heavy atom.